The van der Waals surface area contributed by atoms with Crippen molar-refractivity contribution in [2.24, 2.45) is 0 Å². The van der Waals surface area contributed by atoms with Crippen LogP contribution in [0.1, 0.15) is 15.9 Å². The van der Waals surface area contributed by atoms with Crippen LogP contribution >= 0.6 is 11.6 Å². The van der Waals surface area contributed by atoms with Crippen LogP contribution in [0.2, 0.25) is 0 Å². The summed E-state index contributed by atoms with van der Waals surface area (Å²) in [6.45, 7) is 0.462. The summed E-state index contributed by atoms with van der Waals surface area (Å²) < 4.78 is 27.4. The minimum Gasteiger partial charge on any atom is -0.333 e. The molecule has 0 saturated heterocycles. The Morgan fingerprint density at radius 3 is 2.19 bits per heavy atom. The molecule has 0 spiro atoms. The highest BCUT2D eigenvalue weighted by Gasteiger charge is 2.22. The zero-order chi connectivity index (χ0) is 15.2. The van der Waals surface area contributed by atoms with Crippen LogP contribution < -0.4 is 0 Å². The molecule has 2 rings (SSSR count). The lowest BCUT2D eigenvalue weighted by Crippen LogP contribution is -2.33. The van der Waals surface area contributed by atoms with E-state index < -0.39 is 23.1 Å². The van der Waals surface area contributed by atoms with Crippen LogP contribution in [-0.4, -0.2) is 23.2 Å². The van der Waals surface area contributed by atoms with E-state index in [1.165, 1.54) is 11.0 Å². The molecule has 0 heterocycles. The molecule has 5 heteroatoms. The second-order valence-corrected chi connectivity index (χ2v) is 4.88. The Morgan fingerprint density at radius 1 is 1.00 bits per heavy atom. The molecule has 0 saturated carbocycles. The van der Waals surface area contributed by atoms with Crippen molar-refractivity contribution < 1.29 is 13.6 Å². The van der Waals surface area contributed by atoms with Gasteiger partial charge >= 0.3 is 0 Å². The van der Waals surface area contributed by atoms with Crippen molar-refractivity contribution in [3.8, 4) is 0 Å². The largest absolute Gasteiger partial charge is 0.333 e. The monoisotopic (exact) mass is 309 g/mol. The number of carbonyl (C=O) groups excluding carboxylic acids is 1. The molecular formula is C16H14ClF2NO. The van der Waals surface area contributed by atoms with E-state index in [1.54, 1.807) is 0 Å². The van der Waals surface area contributed by atoms with Crippen molar-refractivity contribution in [2.45, 2.75) is 6.54 Å². The van der Waals surface area contributed by atoms with Crippen molar-refractivity contribution in [2.75, 3.05) is 12.4 Å². The van der Waals surface area contributed by atoms with Crippen LogP contribution in [0.4, 0.5) is 8.78 Å². The van der Waals surface area contributed by atoms with Crippen molar-refractivity contribution in [3.63, 3.8) is 0 Å². The van der Waals surface area contributed by atoms with E-state index >= 15 is 0 Å². The molecule has 0 aliphatic rings. The van der Waals surface area contributed by atoms with Gasteiger partial charge in [-0.1, -0.05) is 36.4 Å². The van der Waals surface area contributed by atoms with Gasteiger partial charge in [-0.3, -0.25) is 4.79 Å². The van der Waals surface area contributed by atoms with Gasteiger partial charge in [-0.05, 0) is 17.7 Å². The third-order valence-corrected chi connectivity index (χ3v) is 3.20. The van der Waals surface area contributed by atoms with E-state index in [4.69, 9.17) is 11.6 Å². The summed E-state index contributed by atoms with van der Waals surface area (Å²) in [5.41, 5.74) is 0.325. The Morgan fingerprint density at radius 2 is 1.62 bits per heavy atom. The number of benzene rings is 2. The summed E-state index contributed by atoms with van der Waals surface area (Å²) in [5, 5.41) is 0. The molecule has 0 aliphatic carbocycles. The van der Waals surface area contributed by atoms with Gasteiger partial charge in [0.25, 0.3) is 5.91 Å². The minimum absolute atomic E-state index is 0.189. The fourth-order valence-corrected chi connectivity index (χ4v) is 2.22. The van der Waals surface area contributed by atoms with Crippen LogP contribution in [0, 0.1) is 11.6 Å². The Bertz CT molecular complexity index is 599. The topological polar surface area (TPSA) is 20.3 Å². The quantitative estimate of drug-likeness (QED) is 0.768. The maximum atomic E-state index is 13.7. The van der Waals surface area contributed by atoms with E-state index in [0.717, 1.165) is 17.7 Å². The number of amides is 1. The third kappa shape index (κ3) is 3.79. The number of hydrogen-bond donors (Lipinski definition) is 0. The normalized spacial score (nSPS) is 10.4. The molecule has 1 amide bonds. The fraction of sp³-hybridized carbons (Fsp3) is 0.188. The summed E-state index contributed by atoms with van der Waals surface area (Å²) in [4.78, 5) is 13.7. The smallest absolute Gasteiger partial charge is 0.260 e. The van der Waals surface area contributed by atoms with E-state index in [9.17, 15) is 13.6 Å². The number of alkyl halides is 1. The lowest BCUT2D eigenvalue weighted by Gasteiger charge is -2.22. The summed E-state index contributed by atoms with van der Waals surface area (Å²) in [5.74, 6) is -2.25. The van der Waals surface area contributed by atoms with Gasteiger partial charge in [0, 0.05) is 19.0 Å². The molecule has 0 atom stereocenters. The molecule has 2 aromatic rings. The highest BCUT2D eigenvalue weighted by atomic mass is 35.5. The molecule has 0 aromatic heterocycles. The number of halogens is 3. The molecule has 0 fully saturated rings. The van der Waals surface area contributed by atoms with Gasteiger partial charge in [-0.2, -0.15) is 0 Å². The van der Waals surface area contributed by atoms with Gasteiger partial charge in [0.1, 0.15) is 17.2 Å². The first-order chi connectivity index (χ1) is 10.1. The second-order valence-electron chi connectivity index (χ2n) is 4.50. The van der Waals surface area contributed by atoms with Crippen LogP contribution in [0.3, 0.4) is 0 Å². The summed E-state index contributed by atoms with van der Waals surface area (Å²) in [6.07, 6.45) is 0. The third-order valence-electron chi connectivity index (χ3n) is 3.03. The Balaban J connectivity index is 2.27. The number of rotatable bonds is 5. The van der Waals surface area contributed by atoms with Gasteiger partial charge in [-0.25, -0.2) is 8.78 Å². The summed E-state index contributed by atoms with van der Waals surface area (Å²) in [7, 11) is 0. The Hall–Kier alpha value is -1.94. The average Bonchev–Trinajstić information content (AvgIpc) is 2.47. The molecule has 0 unspecified atom stereocenters. The molecule has 0 aliphatic heterocycles. The molecule has 0 radical (unpaired) electrons. The maximum absolute atomic E-state index is 13.7. The van der Waals surface area contributed by atoms with E-state index in [1.807, 2.05) is 30.3 Å². The first-order valence-corrected chi connectivity index (χ1v) is 7.00. The average molecular weight is 310 g/mol. The van der Waals surface area contributed by atoms with Crippen LogP contribution in [0.15, 0.2) is 48.5 Å². The number of nitrogens with zero attached hydrogens (tertiary/aromatic N) is 1. The number of carbonyl (C=O) groups is 1. The number of hydrogen-bond acceptors (Lipinski definition) is 1. The molecule has 0 bridgehead atoms. The predicted molar refractivity (Wildman–Crippen MR) is 78.3 cm³/mol. The molecule has 21 heavy (non-hydrogen) atoms. The van der Waals surface area contributed by atoms with Gasteiger partial charge in [0.05, 0.1) is 0 Å². The Labute approximate surface area is 127 Å². The van der Waals surface area contributed by atoms with E-state index in [2.05, 4.69) is 0 Å². The SMILES string of the molecule is O=C(c1c(F)cccc1F)N(CCCl)Cc1ccccc1. The van der Waals surface area contributed by atoms with Crippen LogP contribution in [-0.2, 0) is 6.54 Å². The summed E-state index contributed by atoms with van der Waals surface area (Å²) >= 11 is 5.69. The summed E-state index contributed by atoms with van der Waals surface area (Å²) in [6, 6.07) is 12.6. The first-order valence-electron chi connectivity index (χ1n) is 6.46. The molecule has 2 nitrogen and oxygen atoms in total. The van der Waals surface area contributed by atoms with Gasteiger partial charge < -0.3 is 4.90 Å². The van der Waals surface area contributed by atoms with Crippen LogP contribution in [0.5, 0.6) is 0 Å². The molecular weight excluding hydrogens is 296 g/mol. The molecule has 2 aromatic carbocycles. The standard InChI is InChI=1S/C16H14ClF2NO/c17-9-10-20(11-12-5-2-1-3-6-12)16(21)15-13(18)7-4-8-14(15)19/h1-8H,9-11H2. The lowest BCUT2D eigenvalue weighted by molar-refractivity contribution is 0.0744. The first kappa shape index (κ1) is 15.4. The highest BCUT2D eigenvalue weighted by Crippen LogP contribution is 2.16. The lowest BCUT2D eigenvalue weighted by atomic mass is 10.1. The highest BCUT2D eigenvalue weighted by molar-refractivity contribution is 6.18. The molecule has 0 N–H and O–H groups in total. The van der Waals surface area contributed by atoms with Gasteiger partial charge in [0.15, 0.2) is 0 Å². The Kier molecular flexibility index (Phi) is 5.28. The van der Waals surface area contributed by atoms with Gasteiger partial charge in [0.2, 0.25) is 0 Å². The van der Waals surface area contributed by atoms with Crippen molar-refractivity contribution in [3.05, 3.63) is 71.3 Å². The van der Waals surface area contributed by atoms with Gasteiger partial charge in [-0.15, -0.1) is 11.6 Å². The van der Waals surface area contributed by atoms with E-state index in [0.29, 0.717) is 0 Å². The fourth-order valence-electron chi connectivity index (χ4n) is 2.02. The zero-order valence-electron chi connectivity index (χ0n) is 11.2. The maximum Gasteiger partial charge on any atom is 0.260 e. The van der Waals surface area contributed by atoms with E-state index in [-0.39, 0.29) is 19.0 Å². The second kappa shape index (κ2) is 7.18. The van der Waals surface area contributed by atoms with Crippen molar-refractivity contribution in [1.82, 2.24) is 4.90 Å². The zero-order valence-corrected chi connectivity index (χ0v) is 12.0. The molecule has 110 valence electrons. The minimum atomic E-state index is -0.868. The predicted octanol–water partition coefficient (Wildman–Crippen LogP) is 3.85. The van der Waals surface area contributed by atoms with Crippen molar-refractivity contribution in [1.29, 1.82) is 0 Å². The van der Waals surface area contributed by atoms with Crippen LogP contribution in [0.25, 0.3) is 0 Å². The van der Waals surface area contributed by atoms with Crippen molar-refractivity contribution >= 4 is 17.5 Å².